The van der Waals surface area contributed by atoms with Crippen LogP contribution in [0.5, 0.6) is 0 Å². The zero-order chi connectivity index (χ0) is 38.5. The van der Waals surface area contributed by atoms with E-state index in [0.717, 1.165) is 56.9 Å². The highest BCUT2D eigenvalue weighted by molar-refractivity contribution is 6.23. The summed E-state index contributed by atoms with van der Waals surface area (Å²) in [5.41, 5.74) is 3.08. The molecule has 1 fully saturated rings. The Balaban J connectivity index is 0.000000208. The number of anilines is 4. The molecule has 1 saturated carbocycles. The van der Waals surface area contributed by atoms with Gasteiger partial charge in [-0.2, -0.15) is 0 Å². The van der Waals surface area contributed by atoms with Crippen molar-refractivity contribution in [1.29, 1.82) is 0 Å². The van der Waals surface area contributed by atoms with Crippen molar-refractivity contribution in [2.24, 2.45) is 5.92 Å². The third kappa shape index (κ3) is 9.91. The van der Waals surface area contributed by atoms with Crippen LogP contribution in [0.25, 0.3) is 0 Å². The lowest BCUT2D eigenvalue weighted by Gasteiger charge is -2.36. The van der Waals surface area contributed by atoms with E-state index < -0.39 is 35.7 Å². The van der Waals surface area contributed by atoms with E-state index in [1.807, 2.05) is 56.3 Å². The van der Waals surface area contributed by atoms with Crippen molar-refractivity contribution in [3.63, 3.8) is 0 Å². The summed E-state index contributed by atoms with van der Waals surface area (Å²) >= 11 is 0. The summed E-state index contributed by atoms with van der Waals surface area (Å²) in [6, 6.07) is 21.1. The minimum absolute atomic E-state index is 0.112. The highest BCUT2D eigenvalue weighted by Crippen LogP contribution is 2.35. The molecule has 0 spiro atoms. The molecule has 6 amide bonds. The van der Waals surface area contributed by atoms with Crippen LogP contribution in [-0.2, 0) is 35.2 Å². The van der Waals surface area contributed by atoms with Crippen LogP contribution in [-0.4, -0.2) is 60.6 Å². The highest BCUT2D eigenvalue weighted by Gasteiger charge is 2.43. The Morgan fingerprint density at radius 3 is 1.59 bits per heavy atom. The number of hydrogen-bond donors (Lipinski definition) is 4. The quantitative estimate of drug-likeness (QED) is 0.138. The number of carbonyl (C=O) groups excluding carboxylic acids is 6. The number of nitrogens with zero attached hydrogens (tertiary/aromatic N) is 2. The first-order chi connectivity index (χ1) is 26.2. The van der Waals surface area contributed by atoms with Crippen molar-refractivity contribution < 1.29 is 28.8 Å². The molecule has 2 heterocycles. The first-order valence-corrected chi connectivity index (χ1v) is 19.3. The molecule has 0 bridgehead atoms. The van der Waals surface area contributed by atoms with Gasteiger partial charge in [-0.25, -0.2) is 0 Å². The van der Waals surface area contributed by atoms with E-state index >= 15 is 0 Å². The van der Waals surface area contributed by atoms with Crippen molar-refractivity contribution in [3.8, 4) is 0 Å². The standard InChI is InChI=1S/C21H29N3O3.C21H23N3O3/c2*1-2-3-13-22-20(26)19-21(27)23-16-11-7-8-12-17(16)24(19)18(25)14-15-9-5-4-6-10-15/h7-8,11-12,15,19H,2-6,9-10,13-14H2,1H3,(H,22,26)(H,23,27);4-12,19H,2-3,13-14H2,1H3,(H,22,26)(H,23,27). The summed E-state index contributed by atoms with van der Waals surface area (Å²) in [5, 5.41) is 11.1. The molecule has 4 N–H and O–H groups in total. The Hall–Kier alpha value is -5.52. The molecule has 12 nitrogen and oxygen atoms in total. The van der Waals surface area contributed by atoms with Gasteiger partial charge >= 0.3 is 0 Å². The van der Waals surface area contributed by atoms with E-state index in [4.69, 9.17) is 0 Å². The molecule has 3 aromatic rings. The average Bonchev–Trinajstić information content (AvgIpc) is 3.17. The number of benzene rings is 3. The number of rotatable bonds is 12. The van der Waals surface area contributed by atoms with Gasteiger partial charge < -0.3 is 21.3 Å². The normalized spacial score (nSPS) is 17.8. The largest absolute Gasteiger partial charge is 0.354 e. The second-order valence-electron chi connectivity index (χ2n) is 14.0. The number of nitrogens with one attached hydrogen (secondary N) is 4. The summed E-state index contributed by atoms with van der Waals surface area (Å²) in [7, 11) is 0. The van der Waals surface area contributed by atoms with Gasteiger partial charge in [0.25, 0.3) is 23.6 Å². The van der Waals surface area contributed by atoms with E-state index in [1.165, 1.54) is 16.2 Å². The van der Waals surface area contributed by atoms with Crippen LogP contribution < -0.4 is 31.1 Å². The van der Waals surface area contributed by atoms with Crippen molar-refractivity contribution in [2.45, 2.75) is 96.6 Å². The lowest BCUT2D eigenvalue weighted by molar-refractivity contribution is -0.133. The molecular weight excluding hydrogens is 684 g/mol. The van der Waals surface area contributed by atoms with E-state index in [1.54, 1.807) is 36.4 Å². The average molecular weight is 737 g/mol. The molecule has 12 heteroatoms. The van der Waals surface area contributed by atoms with Crippen molar-refractivity contribution in [1.82, 2.24) is 10.6 Å². The minimum atomic E-state index is -1.21. The fourth-order valence-corrected chi connectivity index (χ4v) is 7.09. The summed E-state index contributed by atoms with van der Waals surface area (Å²) in [6.45, 7) is 5.04. The molecule has 286 valence electrons. The van der Waals surface area contributed by atoms with Crippen molar-refractivity contribution in [3.05, 3.63) is 84.4 Å². The predicted molar refractivity (Wildman–Crippen MR) is 210 cm³/mol. The van der Waals surface area contributed by atoms with E-state index in [-0.39, 0.29) is 18.2 Å². The van der Waals surface area contributed by atoms with Crippen LogP contribution >= 0.6 is 0 Å². The SMILES string of the molecule is CCCCNC(=O)C1C(=O)Nc2ccccc2N1C(=O)CC1CCCCC1.CCCCNC(=O)C1C(=O)Nc2ccccc2N1C(=O)Cc1ccccc1. The molecule has 2 aliphatic heterocycles. The molecule has 2 atom stereocenters. The molecule has 0 radical (unpaired) electrons. The third-order valence-corrected chi connectivity index (χ3v) is 9.94. The Labute approximate surface area is 317 Å². The first kappa shape index (κ1) is 39.7. The van der Waals surface area contributed by atoms with Gasteiger partial charge in [0.1, 0.15) is 0 Å². The number of hydrogen-bond acceptors (Lipinski definition) is 6. The van der Waals surface area contributed by atoms with Crippen LogP contribution in [0.15, 0.2) is 78.9 Å². The molecular formula is C42H52N6O6. The van der Waals surface area contributed by atoms with Crippen molar-refractivity contribution in [2.75, 3.05) is 33.5 Å². The van der Waals surface area contributed by atoms with Gasteiger partial charge in [-0.15, -0.1) is 0 Å². The first-order valence-electron chi connectivity index (χ1n) is 19.3. The number of para-hydroxylation sites is 4. The van der Waals surface area contributed by atoms with Gasteiger partial charge in [0.2, 0.25) is 11.8 Å². The van der Waals surface area contributed by atoms with Crippen molar-refractivity contribution >= 4 is 58.2 Å². The number of fused-ring (bicyclic) bond motifs is 2. The molecule has 0 aromatic heterocycles. The highest BCUT2D eigenvalue weighted by atomic mass is 16.2. The maximum Gasteiger partial charge on any atom is 0.257 e. The Bertz CT molecular complexity index is 1790. The number of carbonyl (C=O) groups is 6. The smallest absolute Gasteiger partial charge is 0.257 e. The minimum Gasteiger partial charge on any atom is -0.354 e. The summed E-state index contributed by atoms with van der Waals surface area (Å²) < 4.78 is 0. The van der Waals surface area contributed by atoms with Gasteiger partial charge in [-0.1, -0.05) is 101 Å². The number of unbranched alkanes of at least 4 members (excludes halogenated alkanes) is 2. The molecule has 6 rings (SSSR count). The Morgan fingerprint density at radius 1 is 0.630 bits per heavy atom. The molecule has 54 heavy (non-hydrogen) atoms. The summed E-state index contributed by atoms with van der Waals surface area (Å²) in [4.78, 5) is 79.7. The van der Waals surface area contributed by atoms with Crippen LogP contribution in [0.1, 0.15) is 83.6 Å². The summed E-state index contributed by atoms with van der Waals surface area (Å²) in [6.07, 6.45) is 9.64. The van der Waals surface area contributed by atoms with Crippen LogP contribution in [0, 0.1) is 5.92 Å². The van der Waals surface area contributed by atoms with Gasteiger partial charge in [0.05, 0.1) is 29.2 Å². The lowest BCUT2D eigenvalue weighted by Crippen LogP contribution is -2.58. The second kappa shape index (κ2) is 19.5. The molecule has 3 aromatic carbocycles. The monoisotopic (exact) mass is 736 g/mol. The Kier molecular flexibility index (Phi) is 14.3. The van der Waals surface area contributed by atoms with Crippen LogP contribution in [0.4, 0.5) is 22.7 Å². The Morgan fingerprint density at radius 2 is 1.09 bits per heavy atom. The van der Waals surface area contributed by atoms with Gasteiger partial charge in [-0.05, 0) is 61.4 Å². The summed E-state index contributed by atoms with van der Waals surface area (Å²) in [5.74, 6) is -1.90. The third-order valence-electron chi connectivity index (χ3n) is 9.94. The lowest BCUT2D eigenvalue weighted by atomic mass is 9.86. The molecule has 0 saturated heterocycles. The maximum atomic E-state index is 13.2. The predicted octanol–water partition coefficient (Wildman–Crippen LogP) is 5.73. The fraction of sp³-hybridized carbons (Fsp3) is 0.429. The van der Waals surface area contributed by atoms with Crippen LogP contribution in [0.2, 0.25) is 0 Å². The van der Waals surface area contributed by atoms with E-state index in [2.05, 4.69) is 21.3 Å². The molecule has 1 aliphatic carbocycles. The zero-order valence-electron chi connectivity index (χ0n) is 31.3. The topological polar surface area (TPSA) is 157 Å². The van der Waals surface area contributed by atoms with Gasteiger partial charge in [0, 0.05) is 19.5 Å². The van der Waals surface area contributed by atoms with E-state index in [0.29, 0.717) is 48.2 Å². The second-order valence-corrected chi connectivity index (χ2v) is 14.0. The number of amides is 6. The maximum absolute atomic E-state index is 13.2. The van der Waals surface area contributed by atoms with Gasteiger partial charge in [-0.3, -0.25) is 38.6 Å². The molecule has 3 aliphatic rings. The van der Waals surface area contributed by atoms with Crippen LogP contribution in [0.3, 0.4) is 0 Å². The fourth-order valence-electron chi connectivity index (χ4n) is 7.09. The molecule has 2 unspecified atom stereocenters. The van der Waals surface area contributed by atoms with Gasteiger partial charge in [0.15, 0.2) is 12.1 Å². The van der Waals surface area contributed by atoms with E-state index in [9.17, 15) is 28.8 Å². The zero-order valence-corrected chi connectivity index (χ0v) is 31.3.